The molecule has 1 aromatic heterocycles. The van der Waals surface area contributed by atoms with Crippen LogP contribution in [0.5, 0.6) is 5.75 Å². The minimum absolute atomic E-state index is 0.293. The van der Waals surface area contributed by atoms with E-state index in [9.17, 15) is 9.59 Å². The fraction of sp³-hybridized carbons (Fsp3) is 0.308. The van der Waals surface area contributed by atoms with E-state index in [-0.39, 0.29) is 5.91 Å². The van der Waals surface area contributed by atoms with Gasteiger partial charge in [-0.1, -0.05) is 6.07 Å². The first-order valence-electron chi connectivity index (χ1n) is 11.0. The average molecular weight is 433 g/mol. The van der Waals surface area contributed by atoms with Gasteiger partial charge in [0.2, 0.25) is 11.8 Å². The van der Waals surface area contributed by atoms with Crippen LogP contribution >= 0.6 is 0 Å². The second-order valence-electron chi connectivity index (χ2n) is 8.16. The van der Waals surface area contributed by atoms with E-state index in [1.54, 1.807) is 30.3 Å². The van der Waals surface area contributed by atoms with Gasteiger partial charge in [-0.3, -0.25) is 9.59 Å². The number of benzene rings is 2. The second-order valence-corrected chi connectivity index (χ2v) is 8.16. The molecular formula is C26H28N2O4. The number of carbonyl (C=O) groups excluding carboxylic acids is 2. The summed E-state index contributed by atoms with van der Waals surface area (Å²) in [6.07, 6.45) is 5.82. The number of anilines is 1. The Kier molecular flexibility index (Phi) is 6.04. The Morgan fingerprint density at radius 3 is 2.75 bits per heavy atom. The number of rotatable bonds is 6. The van der Waals surface area contributed by atoms with Gasteiger partial charge in [-0.15, -0.1) is 0 Å². The van der Waals surface area contributed by atoms with Crippen molar-refractivity contribution >= 4 is 34.0 Å². The summed E-state index contributed by atoms with van der Waals surface area (Å²) in [5, 5.41) is 3.91. The van der Waals surface area contributed by atoms with Crippen molar-refractivity contribution in [3.05, 3.63) is 64.4 Å². The molecule has 0 fully saturated rings. The monoisotopic (exact) mass is 432 g/mol. The van der Waals surface area contributed by atoms with E-state index in [0.717, 1.165) is 64.9 Å². The van der Waals surface area contributed by atoms with Crippen LogP contribution in [-0.2, 0) is 17.6 Å². The number of primary amides is 1. The van der Waals surface area contributed by atoms with E-state index in [1.165, 1.54) is 5.56 Å². The van der Waals surface area contributed by atoms with Gasteiger partial charge >= 0.3 is 0 Å². The normalized spacial score (nSPS) is 13.7. The van der Waals surface area contributed by atoms with Crippen LogP contribution in [0.15, 0.2) is 40.8 Å². The predicted molar refractivity (Wildman–Crippen MR) is 126 cm³/mol. The Bertz CT molecular complexity index is 1240. The lowest BCUT2D eigenvalue weighted by atomic mass is 9.93. The molecule has 0 aliphatic heterocycles. The number of furan rings is 1. The number of carbonyl (C=O) groups is 2. The molecule has 0 bridgehead atoms. The average Bonchev–Trinajstić information content (AvgIpc) is 3.14. The highest BCUT2D eigenvalue weighted by Crippen LogP contribution is 2.41. The molecule has 1 heterocycles. The van der Waals surface area contributed by atoms with E-state index in [1.807, 2.05) is 20.8 Å². The number of hydrogen-bond donors (Lipinski definition) is 2. The zero-order valence-electron chi connectivity index (χ0n) is 18.7. The maximum absolute atomic E-state index is 12.7. The number of allylic oxidation sites excluding steroid dienone is 1. The summed E-state index contributed by atoms with van der Waals surface area (Å²) >= 11 is 0. The van der Waals surface area contributed by atoms with Crippen LogP contribution in [0.25, 0.3) is 16.5 Å². The van der Waals surface area contributed by atoms with Crippen molar-refractivity contribution in [3.63, 3.8) is 0 Å². The molecule has 4 rings (SSSR count). The van der Waals surface area contributed by atoms with E-state index in [0.29, 0.717) is 17.9 Å². The first-order chi connectivity index (χ1) is 15.4. The third-order valence-corrected chi connectivity index (χ3v) is 5.90. The quantitative estimate of drug-likeness (QED) is 0.526. The van der Waals surface area contributed by atoms with Gasteiger partial charge < -0.3 is 20.2 Å². The molecule has 0 atom stereocenters. The first-order valence-corrected chi connectivity index (χ1v) is 11.0. The molecule has 6 nitrogen and oxygen atoms in total. The van der Waals surface area contributed by atoms with Gasteiger partial charge in [0, 0.05) is 45.8 Å². The summed E-state index contributed by atoms with van der Waals surface area (Å²) in [5.74, 6) is 0.978. The number of hydrogen-bond acceptors (Lipinski definition) is 4. The maximum Gasteiger partial charge on any atom is 0.248 e. The summed E-state index contributed by atoms with van der Waals surface area (Å²) in [6.45, 7) is 6.36. The topological polar surface area (TPSA) is 94.6 Å². The van der Waals surface area contributed by atoms with Crippen LogP contribution in [0.4, 0.5) is 5.69 Å². The summed E-state index contributed by atoms with van der Waals surface area (Å²) < 4.78 is 12.2. The highest BCUT2D eigenvalue weighted by atomic mass is 16.5. The Morgan fingerprint density at radius 2 is 2.00 bits per heavy atom. The van der Waals surface area contributed by atoms with Gasteiger partial charge in [0.15, 0.2) is 0 Å². The predicted octanol–water partition coefficient (Wildman–Crippen LogP) is 5.16. The van der Waals surface area contributed by atoms with Crippen molar-refractivity contribution in [2.24, 2.45) is 5.73 Å². The van der Waals surface area contributed by atoms with Crippen LogP contribution in [0, 0.1) is 6.92 Å². The van der Waals surface area contributed by atoms with Crippen molar-refractivity contribution in [1.82, 2.24) is 0 Å². The smallest absolute Gasteiger partial charge is 0.248 e. The summed E-state index contributed by atoms with van der Waals surface area (Å²) in [6, 6.07) is 8.65. The summed E-state index contributed by atoms with van der Waals surface area (Å²) in [5.41, 5.74) is 11.0. The van der Waals surface area contributed by atoms with Crippen molar-refractivity contribution in [1.29, 1.82) is 0 Å². The standard InChI is InChI=1S/C26H28N2O4/c1-4-31-24-16(3)25-21(19-10-5-6-11-22(19)32-25)14-20(24)15(2)12-23(29)28-18-9-7-8-17(13-18)26(27)30/h7-9,12-14H,4-6,10-11H2,1-3H3,(H2,27,30)(H,28,29)/b15-12+. The molecule has 0 saturated carbocycles. The molecule has 6 heteroatoms. The molecule has 3 N–H and O–H groups in total. The lowest BCUT2D eigenvalue weighted by Crippen LogP contribution is -2.13. The maximum atomic E-state index is 12.7. The van der Waals surface area contributed by atoms with E-state index < -0.39 is 5.91 Å². The molecule has 2 aromatic carbocycles. The molecule has 0 spiro atoms. The third kappa shape index (κ3) is 4.13. The largest absolute Gasteiger partial charge is 0.493 e. The number of nitrogens with two attached hydrogens (primary N) is 1. The molecule has 1 aliphatic carbocycles. The number of aryl methyl sites for hydroxylation is 3. The van der Waals surface area contributed by atoms with E-state index in [4.69, 9.17) is 14.9 Å². The fourth-order valence-corrected chi connectivity index (χ4v) is 4.36. The zero-order valence-corrected chi connectivity index (χ0v) is 18.7. The lowest BCUT2D eigenvalue weighted by Gasteiger charge is -2.15. The van der Waals surface area contributed by atoms with Gasteiger partial charge in [0.05, 0.1) is 6.61 Å². The molecule has 3 aromatic rings. The molecule has 32 heavy (non-hydrogen) atoms. The Balaban J connectivity index is 1.71. The number of amides is 2. The van der Waals surface area contributed by atoms with Crippen LogP contribution in [0.1, 0.15) is 59.5 Å². The highest BCUT2D eigenvalue weighted by Gasteiger charge is 2.23. The Morgan fingerprint density at radius 1 is 1.22 bits per heavy atom. The number of ether oxygens (including phenoxy) is 1. The minimum Gasteiger partial charge on any atom is -0.493 e. The minimum atomic E-state index is -0.540. The molecule has 0 saturated heterocycles. The van der Waals surface area contributed by atoms with Gasteiger partial charge in [-0.2, -0.15) is 0 Å². The summed E-state index contributed by atoms with van der Waals surface area (Å²) in [7, 11) is 0. The van der Waals surface area contributed by atoms with Gasteiger partial charge in [0.1, 0.15) is 17.1 Å². The van der Waals surface area contributed by atoms with Crippen molar-refractivity contribution in [2.75, 3.05) is 11.9 Å². The molecule has 0 radical (unpaired) electrons. The molecule has 166 valence electrons. The first kappa shape index (κ1) is 21.7. The van der Waals surface area contributed by atoms with Crippen molar-refractivity contribution < 1.29 is 18.7 Å². The van der Waals surface area contributed by atoms with Gasteiger partial charge in [0.25, 0.3) is 0 Å². The second kappa shape index (κ2) is 8.91. The van der Waals surface area contributed by atoms with Crippen LogP contribution < -0.4 is 15.8 Å². The highest BCUT2D eigenvalue weighted by molar-refractivity contribution is 6.05. The Labute approximate surface area is 187 Å². The fourth-order valence-electron chi connectivity index (χ4n) is 4.36. The van der Waals surface area contributed by atoms with Gasteiger partial charge in [-0.05, 0) is 69.9 Å². The Hall–Kier alpha value is -3.54. The molecule has 0 unspecified atom stereocenters. The zero-order chi connectivity index (χ0) is 22.8. The number of fused-ring (bicyclic) bond motifs is 3. The van der Waals surface area contributed by atoms with Crippen molar-refractivity contribution in [3.8, 4) is 5.75 Å². The van der Waals surface area contributed by atoms with Crippen LogP contribution in [0.2, 0.25) is 0 Å². The molecule has 1 aliphatic rings. The molecular weight excluding hydrogens is 404 g/mol. The van der Waals surface area contributed by atoms with Crippen LogP contribution in [-0.4, -0.2) is 18.4 Å². The SMILES string of the molecule is CCOc1c(/C(C)=C/C(=O)Nc2cccc(C(N)=O)c2)cc2c3c(oc2c1C)CCCC3. The van der Waals surface area contributed by atoms with Crippen molar-refractivity contribution in [2.45, 2.75) is 46.5 Å². The summed E-state index contributed by atoms with van der Waals surface area (Å²) in [4.78, 5) is 24.1. The van der Waals surface area contributed by atoms with Gasteiger partial charge in [-0.25, -0.2) is 0 Å². The molecule has 2 amide bonds. The van der Waals surface area contributed by atoms with E-state index in [2.05, 4.69) is 11.4 Å². The van der Waals surface area contributed by atoms with E-state index >= 15 is 0 Å². The number of nitrogens with one attached hydrogen (secondary N) is 1. The lowest BCUT2D eigenvalue weighted by molar-refractivity contribution is -0.111. The third-order valence-electron chi connectivity index (χ3n) is 5.90. The van der Waals surface area contributed by atoms with Crippen LogP contribution in [0.3, 0.4) is 0 Å².